The molecule has 0 saturated carbocycles. The second-order valence-corrected chi connectivity index (χ2v) is 5.53. The van der Waals surface area contributed by atoms with Crippen molar-refractivity contribution in [3.05, 3.63) is 28.7 Å². The maximum Gasteiger partial charge on any atom is 0.164 e. The first-order valence-electron chi connectivity index (χ1n) is 6.39. The van der Waals surface area contributed by atoms with E-state index in [-0.39, 0.29) is 5.41 Å². The molecule has 2 rings (SSSR count). The normalized spacial score (nSPS) is 20.2. The zero-order chi connectivity index (χ0) is 13.3. The van der Waals surface area contributed by atoms with E-state index in [4.69, 9.17) is 0 Å². The molecule has 3 heteroatoms. The molecule has 1 N–H and O–H groups in total. The molecule has 96 valence electrons. The number of aromatic amines is 1. The van der Waals surface area contributed by atoms with Crippen molar-refractivity contribution in [2.75, 3.05) is 0 Å². The summed E-state index contributed by atoms with van der Waals surface area (Å²) in [6, 6.07) is 0. The predicted molar refractivity (Wildman–Crippen MR) is 74.8 cm³/mol. The van der Waals surface area contributed by atoms with Gasteiger partial charge in [-0.2, -0.15) is 0 Å². The highest BCUT2D eigenvalue weighted by Crippen LogP contribution is 2.38. The lowest BCUT2D eigenvalue weighted by atomic mass is 9.86. The average Bonchev–Trinajstić information content (AvgIpc) is 2.80. The fourth-order valence-electron chi connectivity index (χ4n) is 2.49. The first kappa shape index (κ1) is 12.8. The number of nitrogens with one attached hydrogen (secondary N) is 1. The Morgan fingerprint density at radius 2 is 2.22 bits per heavy atom. The molecule has 0 amide bonds. The van der Waals surface area contributed by atoms with Gasteiger partial charge in [-0.3, -0.25) is 9.79 Å². The molecule has 0 spiro atoms. The summed E-state index contributed by atoms with van der Waals surface area (Å²) in [5, 5.41) is 0. The van der Waals surface area contributed by atoms with Crippen LogP contribution in [0.25, 0.3) is 6.08 Å². The maximum atomic E-state index is 10.9. The van der Waals surface area contributed by atoms with E-state index in [1.165, 1.54) is 11.1 Å². The van der Waals surface area contributed by atoms with E-state index in [0.717, 1.165) is 30.5 Å². The molecule has 0 saturated heterocycles. The Bertz CT molecular complexity index is 533. The zero-order valence-corrected chi connectivity index (χ0v) is 11.5. The summed E-state index contributed by atoms with van der Waals surface area (Å²) in [4.78, 5) is 18.6. The monoisotopic (exact) mass is 244 g/mol. The summed E-state index contributed by atoms with van der Waals surface area (Å²) in [6.07, 6.45) is 6.70. The van der Waals surface area contributed by atoms with E-state index in [9.17, 15) is 4.79 Å². The van der Waals surface area contributed by atoms with Crippen molar-refractivity contribution >= 4 is 18.1 Å². The first-order chi connectivity index (χ1) is 8.47. The second kappa shape index (κ2) is 4.56. The number of H-pyrrole nitrogens is 1. The van der Waals surface area contributed by atoms with Gasteiger partial charge in [-0.05, 0) is 30.5 Å². The predicted octanol–water partition coefficient (Wildman–Crippen LogP) is 3.30. The van der Waals surface area contributed by atoms with Gasteiger partial charge in [0.2, 0.25) is 0 Å². The van der Waals surface area contributed by atoms with E-state index < -0.39 is 0 Å². The van der Waals surface area contributed by atoms with Crippen molar-refractivity contribution in [1.82, 2.24) is 4.98 Å². The quantitative estimate of drug-likeness (QED) is 0.815. The van der Waals surface area contributed by atoms with Crippen molar-refractivity contribution < 1.29 is 4.79 Å². The fraction of sp³-hybridized carbons (Fsp3) is 0.467. The van der Waals surface area contributed by atoms with Crippen LogP contribution in [0.15, 0.2) is 16.9 Å². The van der Waals surface area contributed by atoms with Crippen molar-refractivity contribution in [2.45, 2.75) is 40.5 Å². The van der Waals surface area contributed by atoms with E-state index >= 15 is 0 Å². The molecule has 1 aromatic heterocycles. The number of hydrogen-bond donors (Lipinski definition) is 1. The number of aldehydes is 1. The van der Waals surface area contributed by atoms with Gasteiger partial charge in [-0.15, -0.1) is 0 Å². The molecule has 2 heterocycles. The fourth-order valence-corrected chi connectivity index (χ4v) is 2.49. The van der Waals surface area contributed by atoms with Crippen LogP contribution in [-0.4, -0.2) is 17.0 Å². The minimum absolute atomic E-state index is 0.0553. The van der Waals surface area contributed by atoms with Crippen LogP contribution in [0.5, 0.6) is 0 Å². The van der Waals surface area contributed by atoms with E-state index in [1.54, 1.807) is 0 Å². The van der Waals surface area contributed by atoms with E-state index in [0.29, 0.717) is 5.71 Å². The number of nitrogens with zero attached hydrogens (tertiary/aromatic N) is 1. The number of allylic oxidation sites excluding steroid dienone is 1. The van der Waals surface area contributed by atoms with Gasteiger partial charge in [0.05, 0.1) is 5.71 Å². The van der Waals surface area contributed by atoms with Gasteiger partial charge in [0.15, 0.2) is 6.29 Å². The van der Waals surface area contributed by atoms with Crippen molar-refractivity contribution in [3.63, 3.8) is 0 Å². The van der Waals surface area contributed by atoms with Gasteiger partial charge in [0, 0.05) is 29.4 Å². The number of carbonyl (C=O) groups is 1. The third-order valence-corrected chi connectivity index (χ3v) is 3.60. The highest BCUT2D eigenvalue weighted by Gasteiger charge is 2.31. The number of hydrogen-bond acceptors (Lipinski definition) is 2. The summed E-state index contributed by atoms with van der Waals surface area (Å²) < 4.78 is 0. The Balaban J connectivity index is 2.44. The van der Waals surface area contributed by atoms with Gasteiger partial charge in [-0.1, -0.05) is 20.8 Å². The van der Waals surface area contributed by atoms with Crippen LogP contribution in [0.4, 0.5) is 0 Å². The van der Waals surface area contributed by atoms with Crippen LogP contribution in [0.3, 0.4) is 0 Å². The highest BCUT2D eigenvalue weighted by atomic mass is 16.1. The van der Waals surface area contributed by atoms with Crippen LogP contribution in [0.1, 0.15) is 44.0 Å². The molecule has 18 heavy (non-hydrogen) atoms. The lowest BCUT2D eigenvalue weighted by Crippen LogP contribution is -2.11. The Hall–Kier alpha value is -1.64. The number of carbonyl (C=O) groups excluding carboxylic acids is 1. The minimum Gasteiger partial charge on any atom is -0.361 e. The number of aryl methyl sites for hydroxylation is 1. The Morgan fingerprint density at radius 1 is 1.50 bits per heavy atom. The van der Waals surface area contributed by atoms with Crippen LogP contribution >= 0.6 is 0 Å². The Labute approximate surface area is 108 Å². The molecule has 0 aliphatic carbocycles. The van der Waals surface area contributed by atoms with Gasteiger partial charge in [0.25, 0.3) is 0 Å². The number of aromatic nitrogens is 1. The SMILES string of the molecule is CCc1c(C)c[nH]c1/C=C1\N=C(C=O)CC1(C)C. The highest BCUT2D eigenvalue weighted by molar-refractivity contribution is 6.29. The molecular weight excluding hydrogens is 224 g/mol. The minimum atomic E-state index is -0.0553. The smallest absolute Gasteiger partial charge is 0.164 e. The molecule has 1 aliphatic heterocycles. The molecule has 1 aromatic rings. The van der Waals surface area contributed by atoms with Gasteiger partial charge in [0.1, 0.15) is 0 Å². The molecule has 0 aromatic carbocycles. The van der Waals surface area contributed by atoms with Crippen LogP contribution in [-0.2, 0) is 11.2 Å². The van der Waals surface area contributed by atoms with Crippen molar-refractivity contribution in [3.8, 4) is 0 Å². The van der Waals surface area contributed by atoms with Gasteiger partial charge in [-0.25, -0.2) is 0 Å². The molecule has 0 atom stereocenters. The molecule has 1 aliphatic rings. The molecule has 0 unspecified atom stereocenters. The van der Waals surface area contributed by atoms with Crippen LogP contribution in [0.2, 0.25) is 0 Å². The van der Waals surface area contributed by atoms with Crippen LogP contribution in [0, 0.1) is 12.3 Å². The third kappa shape index (κ3) is 2.17. The average molecular weight is 244 g/mol. The molecule has 0 bridgehead atoms. The zero-order valence-electron chi connectivity index (χ0n) is 11.5. The Kier molecular flexibility index (Phi) is 3.24. The molecule has 0 radical (unpaired) electrons. The summed E-state index contributed by atoms with van der Waals surface area (Å²) in [5.74, 6) is 0. The number of rotatable bonds is 3. The van der Waals surface area contributed by atoms with E-state index in [1.807, 2.05) is 6.20 Å². The largest absolute Gasteiger partial charge is 0.361 e. The van der Waals surface area contributed by atoms with E-state index in [2.05, 4.69) is 43.7 Å². The summed E-state index contributed by atoms with van der Waals surface area (Å²) in [7, 11) is 0. The summed E-state index contributed by atoms with van der Waals surface area (Å²) >= 11 is 0. The topological polar surface area (TPSA) is 45.2 Å². The van der Waals surface area contributed by atoms with Gasteiger partial charge < -0.3 is 4.98 Å². The second-order valence-electron chi connectivity index (χ2n) is 5.53. The maximum absolute atomic E-state index is 10.9. The molecule has 0 fully saturated rings. The van der Waals surface area contributed by atoms with Crippen molar-refractivity contribution in [1.29, 1.82) is 0 Å². The lowest BCUT2D eigenvalue weighted by molar-refractivity contribution is -0.102. The summed E-state index contributed by atoms with van der Waals surface area (Å²) in [5.41, 5.74) is 5.30. The standard InChI is InChI=1S/C15H20N2O/c1-5-12-10(2)8-16-13(12)6-14-15(3,4)7-11(9-18)17-14/h6,8-9,16H,5,7H2,1-4H3/b14-6-. The number of aliphatic imine (C=N–C) groups is 1. The van der Waals surface area contributed by atoms with Crippen LogP contribution < -0.4 is 0 Å². The molecular formula is C15H20N2O. The Morgan fingerprint density at radius 3 is 2.78 bits per heavy atom. The lowest BCUT2D eigenvalue weighted by Gasteiger charge is -2.17. The third-order valence-electron chi connectivity index (χ3n) is 3.60. The van der Waals surface area contributed by atoms with Gasteiger partial charge >= 0.3 is 0 Å². The van der Waals surface area contributed by atoms with Crippen molar-refractivity contribution in [2.24, 2.45) is 10.4 Å². The summed E-state index contributed by atoms with van der Waals surface area (Å²) in [6.45, 7) is 8.51. The molecule has 3 nitrogen and oxygen atoms in total. The first-order valence-corrected chi connectivity index (χ1v) is 6.39.